The highest BCUT2D eigenvalue weighted by molar-refractivity contribution is 6.92. The number of rotatable bonds is 11. The molecule has 0 saturated heterocycles. The summed E-state index contributed by atoms with van der Waals surface area (Å²) >= 11 is 0. The van der Waals surface area contributed by atoms with Crippen LogP contribution in [0, 0.1) is 0 Å². The molecule has 0 aromatic carbocycles. The van der Waals surface area contributed by atoms with E-state index >= 15 is 0 Å². The summed E-state index contributed by atoms with van der Waals surface area (Å²) in [6.45, 7) is 34.9. The van der Waals surface area contributed by atoms with Gasteiger partial charge in [-0.25, -0.2) is 0 Å². The van der Waals surface area contributed by atoms with Crippen molar-refractivity contribution in [2.75, 3.05) is 6.54 Å². The number of hydrogen-bond donors (Lipinski definition) is 1. The molecule has 0 aliphatic heterocycles. The van der Waals surface area contributed by atoms with E-state index in [1.54, 1.807) is 0 Å². The SMILES string of the molecule is C[Si](C)(C)OC(=O)[C@H](CCCN=C(N)N([Si](C)(C)C)[Si](C)(C)C)N([Si](C)(C)C)[Si](C)(C)C. The Morgan fingerprint density at radius 3 is 1.50 bits per heavy atom. The second-order valence-corrected chi connectivity index (χ2v) is 38.4. The Kier molecular flexibility index (Phi) is 10.9. The minimum atomic E-state index is -1.96. The Morgan fingerprint density at radius 2 is 1.19 bits per heavy atom. The van der Waals surface area contributed by atoms with Crippen molar-refractivity contribution >= 4 is 53.2 Å². The number of guanidine groups is 1. The zero-order chi connectivity index (χ0) is 25.9. The third kappa shape index (κ3) is 10.8. The van der Waals surface area contributed by atoms with E-state index in [1.165, 1.54) is 0 Å². The van der Waals surface area contributed by atoms with Crippen molar-refractivity contribution in [2.45, 2.75) is 117 Å². The van der Waals surface area contributed by atoms with Crippen LogP contribution < -0.4 is 5.73 Å². The van der Waals surface area contributed by atoms with Crippen LogP contribution >= 0.6 is 0 Å². The van der Waals surface area contributed by atoms with Gasteiger partial charge in [-0.2, -0.15) is 0 Å². The van der Waals surface area contributed by atoms with Crippen molar-refractivity contribution in [3.63, 3.8) is 0 Å². The van der Waals surface area contributed by atoms with Crippen LogP contribution in [0.3, 0.4) is 0 Å². The normalized spacial score (nSPS) is 15.7. The fraction of sp³-hybridized carbons (Fsp3) is 0.905. The van der Waals surface area contributed by atoms with Crippen LogP contribution in [0.15, 0.2) is 4.99 Å². The summed E-state index contributed by atoms with van der Waals surface area (Å²) in [5, 5.41) is 0. The van der Waals surface area contributed by atoms with Crippen LogP contribution in [-0.4, -0.2) is 74.2 Å². The topological polar surface area (TPSA) is 71.2 Å². The first kappa shape index (κ1) is 31.8. The third-order valence-corrected chi connectivity index (χ3v) is 20.4. The Balaban J connectivity index is 5.74. The van der Waals surface area contributed by atoms with Crippen LogP contribution in [0.1, 0.15) is 12.8 Å². The molecule has 0 aliphatic rings. The molecule has 0 unspecified atom stereocenters. The van der Waals surface area contributed by atoms with Gasteiger partial charge in [-0.05, 0) is 32.5 Å². The molecule has 0 radical (unpaired) electrons. The van der Waals surface area contributed by atoms with E-state index in [9.17, 15) is 4.79 Å². The molecule has 32 heavy (non-hydrogen) atoms. The van der Waals surface area contributed by atoms with Crippen molar-refractivity contribution in [1.29, 1.82) is 0 Å². The monoisotopic (exact) mass is 534 g/mol. The van der Waals surface area contributed by atoms with Gasteiger partial charge in [0.05, 0.1) is 6.04 Å². The maximum atomic E-state index is 13.4. The van der Waals surface area contributed by atoms with Gasteiger partial charge in [-0.1, -0.05) is 78.6 Å². The number of aliphatic imine (C=N–C) groups is 1. The van der Waals surface area contributed by atoms with Gasteiger partial charge in [-0.15, -0.1) is 0 Å². The predicted octanol–water partition coefficient (Wildman–Crippen LogP) is 5.77. The molecule has 0 fully saturated rings. The second-order valence-electron chi connectivity index (χ2n) is 13.8. The lowest BCUT2D eigenvalue weighted by atomic mass is 10.2. The van der Waals surface area contributed by atoms with Gasteiger partial charge >= 0.3 is 5.97 Å². The average Bonchev–Trinajstić information content (AvgIpc) is 2.42. The standard InChI is InChI=1S/C21H54N4O2Si5/c1-28(2,3)24(29(4,5)6)19(20(26)27-32(13,14)15)17-16-18-23-21(22)25(30(7,8)9)31(10,11)12/h19H,16-18H2,1-15H3,(H2,22,23)/t19-/m0/s1. The third-order valence-electron chi connectivity index (χ3n) is 4.92. The minimum Gasteiger partial charge on any atom is -0.519 e. The summed E-state index contributed by atoms with van der Waals surface area (Å²) in [7, 11) is -8.62. The zero-order valence-electron chi connectivity index (χ0n) is 23.9. The fourth-order valence-electron chi connectivity index (χ4n) is 4.91. The summed E-state index contributed by atoms with van der Waals surface area (Å²) in [5.41, 5.74) is 6.51. The largest absolute Gasteiger partial charge is 0.519 e. The summed E-state index contributed by atoms with van der Waals surface area (Å²) in [6.07, 6.45) is 1.61. The Bertz CT molecular complexity index is 626. The van der Waals surface area contributed by atoms with E-state index in [1.807, 2.05) is 0 Å². The molecule has 0 aliphatic carbocycles. The number of carbonyl (C=O) groups is 1. The summed E-state index contributed by atoms with van der Waals surface area (Å²) in [6, 6.07) is -0.179. The number of carbonyl (C=O) groups excluding carboxylic acids is 1. The van der Waals surface area contributed by atoms with E-state index in [2.05, 4.69) is 107 Å². The molecule has 0 saturated carbocycles. The maximum Gasteiger partial charge on any atom is 0.308 e. The highest BCUT2D eigenvalue weighted by Gasteiger charge is 2.43. The second kappa shape index (κ2) is 11.0. The van der Waals surface area contributed by atoms with Crippen molar-refractivity contribution in [3.05, 3.63) is 0 Å². The molecule has 11 heteroatoms. The van der Waals surface area contributed by atoms with Gasteiger partial charge in [-0.3, -0.25) is 9.79 Å². The fourth-order valence-corrected chi connectivity index (χ4v) is 25.6. The lowest BCUT2D eigenvalue weighted by Gasteiger charge is -2.48. The van der Waals surface area contributed by atoms with E-state index in [0.717, 1.165) is 12.8 Å². The predicted molar refractivity (Wildman–Crippen MR) is 156 cm³/mol. The Morgan fingerprint density at radius 1 is 0.781 bits per heavy atom. The van der Waals surface area contributed by atoms with Gasteiger partial charge in [0.1, 0.15) is 32.9 Å². The van der Waals surface area contributed by atoms with Crippen LogP contribution in [0.4, 0.5) is 0 Å². The first-order valence-corrected chi connectivity index (χ1v) is 29.2. The van der Waals surface area contributed by atoms with E-state index < -0.39 is 41.3 Å². The van der Waals surface area contributed by atoms with Crippen molar-refractivity contribution in [1.82, 2.24) is 8.46 Å². The highest BCUT2D eigenvalue weighted by atomic mass is 28.4. The molecule has 0 rings (SSSR count). The zero-order valence-corrected chi connectivity index (χ0v) is 28.9. The Hall–Kier alpha value is -0.216. The molecule has 0 heterocycles. The van der Waals surface area contributed by atoms with Gasteiger partial charge < -0.3 is 18.6 Å². The molecule has 2 N–H and O–H groups in total. The quantitative estimate of drug-likeness (QED) is 0.158. The van der Waals surface area contributed by atoms with Crippen LogP contribution in [-0.2, 0) is 9.22 Å². The first-order valence-electron chi connectivity index (χ1n) is 12.0. The van der Waals surface area contributed by atoms with E-state index in [-0.39, 0.29) is 12.0 Å². The lowest BCUT2D eigenvalue weighted by molar-refractivity contribution is -0.138. The average molecular weight is 535 g/mol. The molecule has 1 atom stereocenters. The number of nitrogens with two attached hydrogens (primary N) is 1. The summed E-state index contributed by atoms with van der Waals surface area (Å²) < 4.78 is 11.1. The minimum absolute atomic E-state index is 0.0307. The van der Waals surface area contributed by atoms with Crippen molar-refractivity contribution in [2.24, 2.45) is 10.7 Å². The van der Waals surface area contributed by atoms with Crippen molar-refractivity contribution in [3.8, 4) is 0 Å². The van der Waals surface area contributed by atoms with Crippen LogP contribution in [0.25, 0.3) is 0 Å². The molecule has 0 amide bonds. The lowest BCUT2D eigenvalue weighted by Crippen LogP contribution is -2.65. The van der Waals surface area contributed by atoms with Crippen molar-refractivity contribution < 1.29 is 9.22 Å². The maximum absolute atomic E-state index is 13.4. The highest BCUT2D eigenvalue weighted by Crippen LogP contribution is 2.27. The molecule has 190 valence electrons. The van der Waals surface area contributed by atoms with Gasteiger partial charge in [0.15, 0.2) is 5.96 Å². The number of hydrogen-bond acceptors (Lipinski definition) is 4. The molecule has 0 aromatic rings. The first-order chi connectivity index (χ1) is 13.9. The van der Waals surface area contributed by atoms with E-state index in [0.29, 0.717) is 12.5 Å². The summed E-state index contributed by atoms with van der Waals surface area (Å²) in [4.78, 5) is 18.1. The smallest absolute Gasteiger partial charge is 0.308 e. The molecule has 6 nitrogen and oxygen atoms in total. The van der Waals surface area contributed by atoms with Gasteiger partial charge in [0.2, 0.25) is 8.32 Å². The molecular weight excluding hydrogens is 481 g/mol. The molecule has 0 aromatic heterocycles. The molecule has 0 spiro atoms. The van der Waals surface area contributed by atoms with Crippen LogP contribution in [0.2, 0.25) is 98.2 Å². The van der Waals surface area contributed by atoms with Gasteiger partial charge in [0, 0.05) is 6.54 Å². The molecular formula is C21H54N4O2Si5. The van der Waals surface area contributed by atoms with Crippen LogP contribution in [0.5, 0.6) is 0 Å². The van der Waals surface area contributed by atoms with Gasteiger partial charge in [0.25, 0.3) is 0 Å². The molecule has 0 bridgehead atoms. The summed E-state index contributed by atoms with van der Waals surface area (Å²) in [5.74, 6) is 0.661. The number of nitrogens with zero attached hydrogens (tertiary/aromatic N) is 3. The van der Waals surface area contributed by atoms with E-state index in [4.69, 9.17) is 15.2 Å². The Labute approximate surface area is 204 Å².